The van der Waals surface area contributed by atoms with Crippen LogP contribution in [0.5, 0.6) is 17.2 Å². The van der Waals surface area contributed by atoms with Crippen molar-refractivity contribution in [3.63, 3.8) is 0 Å². The van der Waals surface area contributed by atoms with Crippen LogP contribution in [0.1, 0.15) is 43.9 Å². The number of ether oxygens (including phenoxy) is 3. The number of hydrogen-bond donors (Lipinski definition) is 1. The molecule has 0 unspecified atom stereocenters. The first-order valence-electron chi connectivity index (χ1n) is 9.38. The Morgan fingerprint density at radius 3 is 2.71 bits per heavy atom. The SMILES string of the molecule is CCOc1cc(OCc2cc(Cl)cc3c2OC(C)(C)C3)ccc1CCC(=O)O. The standard InChI is InChI=1S/C22H25ClO5/c1-4-26-19-11-18(7-5-14(19)6-8-20(24)25)27-13-16-10-17(23)9-15-12-22(2,3)28-21(15)16/h5,7,9-11H,4,6,8,12-13H2,1-3H3,(H,24,25). The Morgan fingerprint density at radius 1 is 1.21 bits per heavy atom. The van der Waals surface area contributed by atoms with Crippen molar-refractivity contribution in [1.29, 1.82) is 0 Å². The van der Waals surface area contributed by atoms with Gasteiger partial charge < -0.3 is 19.3 Å². The lowest BCUT2D eigenvalue weighted by atomic mass is 10.0. The van der Waals surface area contributed by atoms with Crippen molar-refractivity contribution in [3.8, 4) is 17.2 Å². The summed E-state index contributed by atoms with van der Waals surface area (Å²) in [5.74, 6) is 1.31. The number of aryl methyl sites for hydroxylation is 1. The Kier molecular flexibility index (Phi) is 6.04. The Labute approximate surface area is 170 Å². The fourth-order valence-electron chi connectivity index (χ4n) is 3.38. The van der Waals surface area contributed by atoms with Gasteiger partial charge >= 0.3 is 5.97 Å². The summed E-state index contributed by atoms with van der Waals surface area (Å²) in [5, 5.41) is 9.57. The van der Waals surface area contributed by atoms with Crippen LogP contribution in [0.2, 0.25) is 5.02 Å². The van der Waals surface area contributed by atoms with Crippen LogP contribution in [0.25, 0.3) is 0 Å². The summed E-state index contributed by atoms with van der Waals surface area (Å²) in [7, 11) is 0. The summed E-state index contributed by atoms with van der Waals surface area (Å²) in [6.45, 7) is 6.81. The largest absolute Gasteiger partial charge is 0.493 e. The molecular formula is C22H25ClO5. The third-order valence-electron chi connectivity index (χ3n) is 4.54. The van der Waals surface area contributed by atoms with Gasteiger partial charge in [-0.3, -0.25) is 4.79 Å². The number of rotatable bonds is 8. The first kappa shape index (κ1) is 20.3. The lowest BCUT2D eigenvalue weighted by Gasteiger charge is -2.18. The Balaban J connectivity index is 1.77. The van der Waals surface area contributed by atoms with Crippen LogP contribution < -0.4 is 14.2 Å². The number of fused-ring (bicyclic) bond motifs is 1. The second kappa shape index (κ2) is 8.31. The summed E-state index contributed by atoms with van der Waals surface area (Å²) < 4.78 is 17.7. The zero-order chi connectivity index (χ0) is 20.3. The van der Waals surface area contributed by atoms with E-state index in [0.29, 0.717) is 36.2 Å². The molecule has 1 heterocycles. The minimum absolute atomic E-state index is 0.0576. The molecule has 150 valence electrons. The number of aliphatic carboxylic acids is 1. The zero-order valence-corrected chi connectivity index (χ0v) is 17.1. The molecule has 0 atom stereocenters. The van der Waals surface area contributed by atoms with Crippen LogP contribution in [0.3, 0.4) is 0 Å². The second-order valence-electron chi connectivity index (χ2n) is 7.48. The highest BCUT2D eigenvalue weighted by atomic mass is 35.5. The quantitative estimate of drug-likeness (QED) is 0.667. The van der Waals surface area contributed by atoms with E-state index in [4.69, 9.17) is 30.9 Å². The van der Waals surface area contributed by atoms with E-state index in [9.17, 15) is 4.79 Å². The maximum Gasteiger partial charge on any atom is 0.303 e. The van der Waals surface area contributed by atoms with Crippen molar-refractivity contribution in [1.82, 2.24) is 0 Å². The molecule has 2 aromatic rings. The van der Waals surface area contributed by atoms with Crippen LogP contribution in [-0.4, -0.2) is 23.3 Å². The zero-order valence-electron chi connectivity index (χ0n) is 16.4. The van der Waals surface area contributed by atoms with Crippen LogP contribution in [0.15, 0.2) is 30.3 Å². The number of carboxylic acids is 1. The van der Waals surface area contributed by atoms with Gasteiger partial charge in [0.05, 0.1) is 6.61 Å². The fraction of sp³-hybridized carbons (Fsp3) is 0.409. The number of carbonyl (C=O) groups is 1. The van der Waals surface area contributed by atoms with E-state index in [1.165, 1.54) is 0 Å². The maximum absolute atomic E-state index is 10.8. The Morgan fingerprint density at radius 2 is 2.00 bits per heavy atom. The molecular weight excluding hydrogens is 380 g/mol. The molecule has 0 aliphatic carbocycles. The lowest BCUT2D eigenvalue weighted by molar-refractivity contribution is -0.136. The van der Waals surface area contributed by atoms with Gasteiger partial charge in [0.2, 0.25) is 0 Å². The summed E-state index contributed by atoms with van der Waals surface area (Å²) in [4.78, 5) is 10.8. The first-order valence-corrected chi connectivity index (χ1v) is 9.76. The van der Waals surface area contributed by atoms with Crippen LogP contribution in [-0.2, 0) is 24.2 Å². The molecule has 0 bridgehead atoms. The average molecular weight is 405 g/mol. The number of benzene rings is 2. The van der Waals surface area contributed by atoms with Crippen molar-refractivity contribution in [2.45, 2.75) is 52.2 Å². The molecule has 0 saturated heterocycles. The van der Waals surface area contributed by atoms with Crippen molar-refractivity contribution in [2.24, 2.45) is 0 Å². The van der Waals surface area contributed by atoms with E-state index in [1.54, 1.807) is 6.07 Å². The molecule has 6 heteroatoms. The van der Waals surface area contributed by atoms with Crippen LogP contribution in [0.4, 0.5) is 0 Å². The van der Waals surface area contributed by atoms with Crippen molar-refractivity contribution < 1.29 is 24.1 Å². The molecule has 28 heavy (non-hydrogen) atoms. The molecule has 1 aliphatic rings. The molecule has 0 radical (unpaired) electrons. The summed E-state index contributed by atoms with van der Waals surface area (Å²) in [6.07, 6.45) is 1.28. The normalized spacial score (nSPS) is 14.3. The van der Waals surface area contributed by atoms with Crippen molar-refractivity contribution >= 4 is 17.6 Å². The first-order chi connectivity index (χ1) is 13.3. The van der Waals surface area contributed by atoms with Gasteiger partial charge in [-0.25, -0.2) is 0 Å². The molecule has 0 fully saturated rings. The van der Waals surface area contributed by atoms with Gasteiger partial charge in [0, 0.05) is 29.5 Å². The molecule has 1 N–H and O–H groups in total. The average Bonchev–Trinajstić information content (AvgIpc) is 2.92. The van der Waals surface area contributed by atoms with E-state index in [0.717, 1.165) is 28.9 Å². The molecule has 0 spiro atoms. The highest BCUT2D eigenvalue weighted by molar-refractivity contribution is 6.30. The smallest absolute Gasteiger partial charge is 0.303 e. The third kappa shape index (κ3) is 4.90. The van der Waals surface area contributed by atoms with E-state index in [-0.39, 0.29) is 12.0 Å². The van der Waals surface area contributed by atoms with Gasteiger partial charge in [-0.1, -0.05) is 17.7 Å². The Hall–Kier alpha value is -2.40. The highest BCUT2D eigenvalue weighted by Crippen LogP contribution is 2.40. The third-order valence-corrected chi connectivity index (χ3v) is 4.76. The van der Waals surface area contributed by atoms with E-state index in [1.807, 2.05) is 31.2 Å². The van der Waals surface area contributed by atoms with E-state index >= 15 is 0 Å². The summed E-state index contributed by atoms with van der Waals surface area (Å²) in [6, 6.07) is 9.29. The van der Waals surface area contributed by atoms with Gasteiger partial charge in [0.25, 0.3) is 0 Å². The fourth-order valence-corrected chi connectivity index (χ4v) is 3.64. The van der Waals surface area contributed by atoms with Crippen LogP contribution >= 0.6 is 11.6 Å². The predicted octanol–water partition coefficient (Wildman–Crippen LogP) is 5.05. The molecule has 2 aromatic carbocycles. The summed E-state index contributed by atoms with van der Waals surface area (Å²) in [5.41, 5.74) is 2.59. The highest BCUT2D eigenvalue weighted by Gasteiger charge is 2.32. The minimum Gasteiger partial charge on any atom is -0.493 e. The van der Waals surface area contributed by atoms with E-state index in [2.05, 4.69) is 13.8 Å². The number of halogens is 1. The van der Waals surface area contributed by atoms with E-state index < -0.39 is 5.97 Å². The van der Waals surface area contributed by atoms with Gasteiger partial charge in [0.15, 0.2) is 0 Å². The van der Waals surface area contributed by atoms with Crippen LogP contribution in [0, 0.1) is 0 Å². The van der Waals surface area contributed by atoms with Crippen molar-refractivity contribution in [2.75, 3.05) is 6.61 Å². The molecule has 5 nitrogen and oxygen atoms in total. The minimum atomic E-state index is -0.833. The molecule has 0 aromatic heterocycles. The predicted molar refractivity (Wildman–Crippen MR) is 108 cm³/mol. The summed E-state index contributed by atoms with van der Waals surface area (Å²) >= 11 is 6.27. The monoisotopic (exact) mass is 404 g/mol. The van der Waals surface area contributed by atoms with Gasteiger partial charge in [-0.15, -0.1) is 0 Å². The molecule has 3 rings (SSSR count). The molecule has 1 aliphatic heterocycles. The number of hydrogen-bond acceptors (Lipinski definition) is 4. The lowest BCUT2D eigenvalue weighted by Crippen LogP contribution is -2.25. The Bertz CT molecular complexity index is 875. The molecule has 0 saturated carbocycles. The van der Waals surface area contributed by atoms with Gasteiger partial charge in [-0.2, -0.15) is 0 Å². The number of carboxylic acid groups (broad SMARTS) is 1. The second-order valence-corrected chi connectivity index (χ2v) is 7.91. The topological polar surface area (TPSA) is 65.0 Å². The maximum atomic E-state index is 10.8. The molecule has 0 amide bonds. The van der Waals surface area contributed by atoms with Gasteiger partial charge in [-0.05, 0) is 56.5 Å². The van der Waals surface area contributed by atoms with Crippen molar-refractivity contribution in [3.05, 3.63) is 52.0 Å². The van der Waals surface area contributed by atoms with Gasteiger partial charge in [0.1, 0.15) is 29.5 Å².